The van der Waals surface area contributed by atoms with Crippen LogP contribution in [-0.2, 0) is 4.79 Å². The summed E-state index contributed by atoms with van der Waals surface area (Å²) in [6, 6.07) is 8.18. The van der Waals surface area contributed by atoms with Gasteiger partial charge in [-0.05, 0) is 50.4 Å². The van der Waals surface area contributed by atoms with Gasteiger partial charge in [-0.1, -0.05) is 12.1 Å². The summed E-state index contributed by atoms with van der Waals surface area (Å²) in [6.07, 6.45) is 1.44. The van der Waals surface area contributed by atoms with Crippen molar-refractivity contribution in [2.75, 3.05) is 19.7 Å². The Morgan fingerprint density at radius 2 is 2.24 bits per heavy atom. The number of carbonyl (C=O) groups excluding carboxylic acids is 1. The largest absolute Gasteiger partial charge is 0.493 e. The molecule has 0 radical (unpaired) electrons. The van der Waals surface area contributed by atoms with E-state index in [0.717, 1.165) is 24.3 Å². The van der Waals surface area contributed by atoms with Gasteiger partial charge in [0.05, 0.1) is 13.0 Å². The van der Waals surface area contributed by atoms with Gasteiger partial charge in [0.15, 0.2) is 0 Å². The van der Waals surface area contributed by atoms with Crippen LogP contribution in [0.15, 0.2) is 24.3 Å². The van der Waals surface area contributed by atoms with E-state index >= 15 is 0 Å². The number of hydrogen-bond acceptors (Lipinski definition) is 3. The molecule has 1 aliphatic rings. The summed E-state index contributed by atoms with van der Waals surface area (Å²) in [5, 5.41) is 0. The third-order valence-corrected chi connectivity index (χ3v) is 3.89. The second kappa shape index (κ2) is 8.25. The van der Waals surface area contributed by atoms with E-state index in [4.69, 9.17) is 10.5 Å². The number of hydrogen-bond donors (Lipinski definition) is 1. The standard InChI is InChI=1S/C16H24N2O2.ClH/c1-12-4-3-5-15(8-12)20-7-6-16(19)18-11-14(10-17)9-13(18)2;/h3-5,8,13-14H,6-7,9-11,17H2,1-2H3;1H. The van der Waals surface area contributed by atoms with Crippen molar-refractivity contribution in [2.24, 2.45) is 11.7 Å². The molecule has 1 heterocycles. The maximum atomic E-state index is 12.2. The van der Waals surface area contributed by atoms with Crippen molar-refractivity contribution in [3.63, 3.8) is 0 Å². The number of amides is 1. The van der Waals surface area contributed by atoms with E-state index in [-0.39, 0.29) is 18.3 Å². The molecule has 1 amide bonds. The van der Waals surface area contributed by atoms with Gasteiger partial charge in [0.1, 0.15) is 5.75 Å². The van der Waals surface area contributed by atoms with Gasteiger partial charge in [0.25, 0.3) is 0 Å². The number of halogens is 1. The fourth-order valence-corrected chi connectivity index (χ4v) is 2.77. The number of nitrogens with zero attached hydrogens (tertiary/aromatic N) is 1. The van der Waals surface area contributed by atoms with Crippen molar-refractivity contribution < 1.29 is 9.53 Å². The quantitative estimate of drug-likeness (QED) is 0.908. The van der Waals surface area contributed by atoms with Crippen molar-refractivity contribution in [3.05, 3.63) is 29.8 Å². The molecule has 1 fully saturated rings. The summed E-state index contributed by atoms with van der Waals surface area (Å²) in [7, 11) is 0. The Hall–Kier alpha value is -1.26. The summed E-state index contributed by atoms with van der Waals surface area (Å²) in [5.74, 6) is 1.44. The number of nitrogens with two attached hydrogens (primary N) is 1. The fraction of sp³-hybridized carbons (Fsp3) is 0.562. The topological polar surface area (TPSA) is 55.6 Å². The molecule has 4 nitrogen and oxygen atoms in total. The van der Waals surface area contributed by atoms with E-state index in [0.29, 0.717) is 31.5 Å². The van der Waals surface area contributed by atoms with Crippen LogP contribution in [0, 0.1) is 12.8 Å². The molecular formula is C16H25ClN2O2. The molecule has 0 saturated carbocycles. The molecular weight excluding hydrogens is 288 g/mol. The van der Waals surface area contributed by atoms with E-state index in [9.17, 15) is 4.79 Å². The lowest BCUT2D eigenvalue weighted by Crippen LogP contribution is -2.35. The average molecular weight is 313 g/mol. The summed E-state index contributed by atoms with van der Waals surface area (Å²) in [5.41, 5.74) is 6.85. The first-order valence-electron chi connectivity index (χ1n) is 7.29. The van der Waals surface area contributed by atoms with Gasteiger partial charge < -0.3 is 15.4 Å². The van der Waals surface area contributed by atoms with Crippen LogP contribution in [0.5, 0.6) is 5.75 Å². The van der Waals surface area contributed by atoms with Gasteiger partial charge >= 0.3 is 0 Å². The zero-order valence-corrected chi connectivity index (χ0v) is 13.6. The van der Waals surface area contributed by atoms with Crippen molar-refractivity contribution in [2.45, 2.75) is 32.7 Å². The van der Waals surface area contributed by atoms with Gasteiger partial charge in [-0.3, -0.25) is 4.79 Å². The Bertz CT molecular complexity index is 467. The molecule has 1 aliphatic heterocycles. The lowest BCUT2D eigenvalue weighted by molar-refractivity contribution is -0.132. The average Bonchev–Trinajstić information content (AvgIpc) is 2.80. The summed E-state index contributed by atoms with van der Waals surface area (Å²) < 4.78 is 5.63. The van der Waals surface area contributed by atoms with Crippen LogP contribution in [0.25, 0.3) is 0 Å². The van der Waals surface area contributed by atoms with Crippen LogP contribution in [0.2, 0.25) is 0 Å². The lowest BCUT2D eigenvalue weighted by atomic mass is 10.1. The monoisotopic (exact) mass is 312 g/mol. The van der Waals surface area contributed by atoms with Crippen molar-refractivity contribution >= 4 is 18.3 Å². The minimum absolute atomic E-state index is 0. The number of benzene rings is 1. The van der Waals surface area contributed by atoms with E-state index in [1.165, 1.54) is 0 Å². The van der Waals surface area contributed by atoms with Gasteiger partial charge in [-0.25, -0.2) is 0 Å². The highest BCUT2D eigenvalue weighted by atomic mass is 35.5. The molecule has 0 aliphatic carbocycles. The second-order valence-electron chi connectivity index (χ2n) is 5.65. The molecule has 118 valence electrons. The van der Waals surface area contributed by atoms with Gasteiger partial charge in [-0.2, -0.15) is 0 Å². The maximum Gasteiger partial charge on any atom is 0.226 e. The van der Waals surface area contributed by atoms with Crippen LogP contribution < -0.4 is 10.5 Å². The Morgan fingerprint density at radius 3 is 2.86 bits per heavy atom. The van der Waals surface area contributed by atoms with Crippen LogP contribution in [0.4, 0.5) is 0 Å². The van der Waals surface area contributed by atoms with Crippen molar-refractivity contribution in [1.29, 1.82) is 0 Å². The molecule has 5 heteroatoms. The van der Waals surface area contributed by atoms with E-state index in [1.807, 2.05) is 36.1 Å². The molecule has 0 spiro atoms. The third-order valence-electron chi connectivity index (χ3n) is 3.89. The Kier molecular flexibility index (Phi) is 6.99. The highest BCUT2D eigenvalue weighted by molar-refractivity contribution is 5.85. The summed E-state index contributed by atoms with van der Waals surface area (Å²) >= 11 is 0. The number of ether oxygens (including phenoxy) is 1. The normalized spacial score (nSPS) is 21.0. The molecule has 1 aromatic carbocycles. The molecule has 2 atom stereocenters. The van der Waals surface area contributed by atoms with Gasteiger partial charge in [0.2, 0.25) is 5.91 Å². The number of likely N-dealkylation sites (tertiary alicyclic amines) is 1. The summed E-state index contributed by atoms with van der Waals surface area (Å²) in [6.45, 7) is 6.00. The first kappa shape index (κ1) is 17.8. The van der Waals surface area contributed by atoms with Crippen LogP contribution in [0.3, 0.4) is 0 Å². The molecule has 0 bridgehead atoms. The molecule has 2 rings (SSSR count). The Balaban J connectivity index is 0.00000220. The minimum Gasteiger partial charge on any atom is -0.493 e. The van der Waals surface area contributed by atoms with E-state index < -0.39 is 0 Å². The maximum absolute atomic E-state index is 12.2. The summed E-state index contributed by atoms with van der Waals surface area (Å²) in [4.78, 5) is 14.1. The highest BCUT2D eigenvalue weighted by Crippen LogP contribution is 2.22. The van der Waals surface area contributed by atoms with Crippen LogP contribution >= 0.6 is 12.4 Å². The molecule has 2 N–H and O–H groups in total. The fourth-order valence-electron chi connectivity index (χ4n) is 2.77. The third kappa shape index (κ3) is 4.90. The van der Waals surface area contributed by atoms with Gasteiger partial charge in [0, 0.05) is 12.6 Å². The first-order valence-corrected chi connectivity index (χ1v) is 7.29. The second-order valence-corrected chi connectivity index (χ2v) is 5.65. The van der Waals surface area contributed by atoms with Crippen molar-refractivity contribution in [1.82, 2.24) is 4.90 Å². The first-order chi connectivity index (χ1) is 9.60. The predicted octanol–water partition coefficient (Wildman–Crippen LogP) is 2.38. The smallest absolute Gasteiger partial charge is 0.226 e. The molecule has 21 heavy (non-hydrogen) atoms. The number of rotatable bonds is 5. The zero-order valence-electron chi connectivity index (χ0n) is 12.7. The lowest BCUT2D eigenvalue weighted by Gasteiger charge is -2.21. The zero-order chi connectivity index (χ0) is 14.5. The van der Waals surface area contributed by atoms with Gasteiger partial charge in [-0.15, -0.1) is 12.4 Å². The molecule has 0 aromatic heterocycles. The molecule has 2 unspecified atom stereocenters. The van der Waals surface area contributed by atoms with Crippen LogP contribution in [-0.4, -0.2) is 36.5 Å². The van der Waals surface area contributed by atoms with Crippen LogP contribution in [0.1, 0.15) is 25.3 Å². The molecule has 1 saturated heterocycles. The van der Waals surface area contributed by atoms with Crippen molar-refractivity contribution in [3.8, 4) is 5.75 Å². The minimum atomic E-state index is 0. The van der Waals surface area contributed by atoms with E-state index in [2.05, 4.69) is 6.92 Å². The Morgan fingerprint density at radius 1 is 1.48 bits per heavy atom. The molecule has 1 aromatic rings. The number of aryl methyl sites for hydroxylation is 1. The van der Waals surface area contributed by atoms with E-state index in [1.54, 1.807) is 0 Å². The number of carbonyl (C=O) groups is 1. The SMILES string of the molecule is Cc1cccc(OCCC(=O)N2CC(CN)CC2C)c1.Cl. The predicted molar refractivity (Wildman–Crippen MR) is 86.9 cm³/mol. The Labute approximate surface area is 133 Å². The highest BCUT2D eigenvalue weighted by Gasteiger charge is 2.31.